The summed E-state index contributed by atoms with van der Waals surface area (Å²) in [6, 6.07) is 0. The minimum Gasteiger partial charge on any atom is -0.387 e. The molecule has 4 nitrogen and oxygen atoms in total. The number of carbonyl (C=O) groups is 1. The van der Waals surface area contributed by atoms with E-state index in [9.17, 15) is 9.90 Å². The molecular formula is C9H18O4S. The number of rotatable bonds is 7. The van der Waals surface area contributed by atoms with Crippen LogP contribution in [0.4, 0.5) is 0 Å². The van der Waals surface area contributed by atoms with Gasteiger partial charge in [-0.2, -0.15) is 0 Å². The molecule has 0 fully saturated rings. The van der Waals surface area contributed by atoms with Gasteiger partial charge in [0.1, 0.15) is 6.10 Å². The van der Waals surface area contributed by atoms with Crippen LogP contribution in [0.5, 0.6) is 0 Å². The zero-order valence-corrected chi connectivity index (χ0v) is 9.67. The topological polar surface area (TPSA) is 55.8 Å². The fraction of sp³-hybridized carbons (Fsp3) is 0.889. The van der Waals surface area contributed by atoms with E-state index >= 15 is 0 Å². The Labute approximate surface area is 89.0 Å². The van der Waals surface area contributed by atoms with Crippen molar-refractivity contribution in [2.75, 3.05) is 19.0 Å². The van der Waals surface area contributed by atoms with E-state index in [1.807, 2.05) is 13.8 Å². The molecular weight excluding hydrogens is 204 g/mol. The van der Waals surface area contributed by atoms with Crippen molar-refractivity contribution in [2.24, 2.45) is 0 Å². The molecule has 0 aromatic rings. The fourth-order valence-electron chi connectivity index (χ4n) is 0.880. The Hall–Kier alpha value is -0.100. The van der Waals surface area contributed by atoms with Crippen LogP contribution in [0.2, 0.25) is 0 Å². The van der Waals surface area contributed by atoms with Crippen LogP contribution in [0.3, 0.4) is 0 Å². The Balaban J connectivity index is 3.86. The summed E-state index contributed by atoms with van der Waals surface area (Å²) in [5.41, 5.74) is 0. The summed E-state index contributed by atoms with van der Waals surface area (Å²) in [4.78, 5) is 10.7. The Bertz CT molecular complexity index is 157. The number of aliphatic hydroxyl groups is 1. The van der Waals surface area contributed by atoms with Crippen molar-refractivity contribution < 1.29 is 19.4 Å². The Morgan fingerprint density at radius 3 is 2.21 bits per heavy atom. The van der Waals surface area contributed by atoms with Gasteiger partial charge < -0.3 is 14.6 Å². The van der Waals surface area contributed by atoms with Crippen molar-refractivity contribution in [2.45, 2.75) is 33.2 Å². The van der Waals surface area contributed by atoms with Crippen molar-refractivity contribution in [1.29, 1.82) is 0 Å². The van der Waals surface area contributed by atoms with Gasteiger partial charge in [-0.25, -0.2) is 0 Å². The van der Waals surface area contributed by atoms with E-state index in [2.05, 4.69) is 0 Å². The Morgan fingerprint density at radius 1 is 1.36 bits per heavy atom. The highest BCUT2D eigenvalue weighted by molar-refractivity contribution is 8.13. The number of hydrogen-bond donors (Lipinski definition) is 1. The lowest BCUT2D eigenvalue weighted by molar-refractivity contribution is -0.183. The molecule has 14 heavy (non-hydrogen) atoms. The van der Waals surface area contributed by atoms with Gasteiger partial charge in [0.15, 0.2) is 11.4 Å². The van der Waals surface area contributed by atoms with Gasteiger partial charge in [0.25, 0.3) is 0 Å². The summed E-state index contributed by atoms with van der Waals surface area (Å²) < 4.78 is 10.4. The van der Waals surface area contributed by atoms with Crippen LogP contribution in [-0.4, -0.2) is 41.6 Å². The first-order valence-electron chi connectivity index (χ1n) is 4.66. The van der Waals surface area contributed by atoms with Gasteiger partial charge in [0.05, 0.1) is 0 Å². The standard InChI is InChI=1S/C9H18O4S/c1-4-12-9(13-5-2)8(11)6-14-7(3)10/h8-9,11H,4-6H2,1-3H3. The summed E-state index contributed by atoms with van der Waals surface area (Å²) >= 11 is 1.07. The molecule has 0 rings (SSSR count). The normalized spacial score (nSPS) is 13.2. The minimum atomic E-state index is -0.760. The van der Waals surface area contributed by atoms with Crippen molar-refractivity contribution in [3.05, 3.63) is 0 Å². The predicted octanol–water partition coefficient (Wildman–Crippen LogP) is 1.03. The Kier molecular flexibility index (Phi) is 8.17. The summed E-state index contributed by atoms with van der Waals surface area (Å²) in [7, 11) is 0. The summed E-state index contributed by atoms with van der Waals surface area (Å²) in [6.07, 6.45) is -1.39. The molecule has 0 aliphatic heterocycles. The molecule has 0 amide bonds. The highest BCUT2D eigenvalue weighted by Gasteiger charge is 2.20. The van der Waals surface area contributed by atoms with Gasteiger partial charge in [-0.1, -0.05) is 11.8 Å². The van der Waals surface area contributed by atoms with Crippen LogP contribution in [0.1, 0.15) is 20.8 Å². The molecule has 84 valence electrons. The summed E-state index contributed by atoms with van der Waals surface area (Å²) in [6.45, 7) is 6.08. The van der Waals surface area contributed by atoms with E-state index in [-0.39, 0.29) is 5.12 Å². The van der Waals surface area contributed by atoms with Gasteiger partial charge in [-0.05, 0) is 13.8 Å². The number of thioether (sulfide) groups is 1. The maximum atomic E-state index is 10.7. The van der Waals surface area contributed by atoms with E-state index in [4.69, 9.17) is 9.47 Å². The molecule has 0 saturated carbocycles. The molecule has 0 saturated heterocycles. The first-order valence-corrected chi connectivity index (χ1v) is 5.65. The second-order valence-corrected chi connectivity index (χ2v) is 3.85. The van der Waals surface area contributed by atoms with Crippen LogP contribution in [0, 0.1) is 0 Å². The van der Waals surface area contributed by atoms with E-state index in [1.165, 1.54) is 6.92 Å². The Morgan fingerprint density at radius 2 is 1.86 bits per heavy atom. The van der Waals surface area contributed by atoms with Gasteiger partial charge in [0.2, 0.25) is 0 Å². The first-order chi connectivity index (χ1) is 6.61. The van der Waals surface area contributed by atoms with E-state index in [1.54, 1.807) is 0 Å². The van der Waals surface area contributed by atoms with E-state index in [0.717, 1.165) is 11.8 Å². The third kappa shape index (κ3) is 6.37. The molecule has 0 bridgehead atoms. The number of hydrogen-bond acceptors (Lipinski definition) is 5. The minimum absolute atomic E-state index is 0.0178. The highest BCUT2D eigenvalue weighted by atomic mass is 32.2. The van der Waals surface area contributed by atoms with E-state index in [0.29, 0.717) is 19.0 Å². The summed E-state index contributed by atoms with van der Waals surface area (Å²) in [5, 5.41) is 9.58. The second-order valence-electron chi connectivity index (χ2n) is 2.65. The van der Waals surface area contributed by atoms with E-state index < -0.39 is 12.4 Å². The molecule has 5 heteroatoms. The number of aliphatic hydroxyl groups excluding tert-OH is 1. The number of ether oxygens (including phenoxy) is 2. The quantitative estimate of drug-likeness (QED) is 0.652. The molecule has 0 aromatic carbocycles. The van der Waals surface area contributed by atoms with Crippen LogP contribution >= 0.6 is 11.8 Å². The largest absolute Gasteiger partial charge is 0.387 e. The third-order valence-electron chi connectivity index (χ3n) is 1.43. The molecule has 0 aliphatic carbocycles. The van der Waals surface area contributed by atoms with Crippen LogP contribution < -0.4 is 0 Å². The molecule has 0 spiro atoms. The maximum absolute atomic E-state index is 10.7. The van der Waals surface area contributed by atoms with Crippen molar-refractivity contribution >= 4 is 16.9 Å². The lowest BCUT2D eigenvalue weighted by Gasteiger charge is -2.21. The lowest BCUT2D eigenvalue weighted by atomic mass is 10.4. The van der Waals surface area contributed by atoms with Crippen molar-refractivity contribution in [3.63, 3.8) is 0 Å². The highest BCUT2D eigenvalue weighted by Crippen LogP contribution is 2.10. The van der Waals surface area contributed by atoms with Crippen LogP contribution in [0.25, 0.3) is 0 Å². The summed E-state index contributed by atoms with van der Waals surface area (Å²) in [5.74, 6) is 0.306. The van der Waals surface area contributed by atoms with Gasteiger partial charge in [0, 0.05) is 25.9 Å². The fourth-order valence-corrected chi connectivity index (χ4v) is 1.44. The maximum Gasteiger partial charge on any atom is 0.185 e. The molecule has 1 N–H and O–H groups in total. The average molecular weight is 222 g/mol. The van der Waals surface area contributed by atoms with Crippen LogP contribution in [0.15, 0.2) is 0 Å². The average Bonchev–Trinajstić information content (AvgIpc) is 2.14. The zero-order valence-electron chi connectivity index (χ0n) is 8.86. The van der Waals surface area contributed by atoms with Gasteiger partial charge in [-0.3, -0.25) is 4.79 Å². The zero-order chi connectivity index (χ0) is 11.0. The molecule has 0 aliphatic rings. The van der Waals surface area contributed by atoms with Crippen molar-refractivity contribution in [3.8, 4) is 0 Å². The van der Waals surface area contributed by atoms with Crippen molar-refractivity contribution in [1.82, 2.24) is 0 Å². The smallest absolute Gasteiger partial charge is 0.185 e. The second kappa shape index (κ2) is 8.23. The first kappa shape index (κ1) is 13.9. The molecule has 1 atom stereocenters. The molecule has 0 heterocycles. The SMILES string of the molecule is CCOC(OCC)C(O)CSC(C)=O. The lowest BCUT2D eigenvalue weighted by Crippen LogP contribution is -2.34. The predicted molar refractivity (Wildman–Crippen MR) is 56.2 cm³/mol. The van der Waals surface area contributed by atoms with Gasteiger partial charge >= 0.3 is 0 Å². The molecule has 0 aromatic heterocycles. The third-order valence-corrected chi connectivity index (χ3v) is 2.35. The van der Waals surface area contributed by atoms with Crippen LogP contribution in [-0.2, 0) is 14.3 Å². The molecule has 1 unspecified atom stereocenters. The monoisotopic (exact) mass is 222 g/mol. The number of carbonyl (C=O) groups excluding carboxylic acids is 1. The van der Waals surface area contributed by atoms with Gasteiger partial charge in [-0.15, -0.1) is 0 Å². The molecule has 0 radical (unpaired) electrons.